The Labute approximate surface area is 112 Å². The van der Waals surface area contributed by atoms with E-state index in [1.807, 2.05) is 12.3 Å². The van der Waals surface area contributed by atoms with Crippen LogP contribution in [0.25, 0.3) is 22.7 Å². The third-order valence-corrected chi connectivity index (χ3v) is 3.76. The molecule has 0 aliphatic heterocycles. The van der Waals surface area contributed by atoms with Gasteiger partial charge in [0.05, 0.1) is 6.04 Å². The number of nitrogens with zero attached hydrogens (tertiary/aromatic N) is 2. The lowest BCUT2D eigenvalue weighted by molar-refractivity contribution is 0.616. The number of thiazole rings is 1. The minimum Gasteiger partial charge on any atom is -0.435 e. The van der Waals surface area contributed by atoms with Gasteiger partial charge in [-0.25, -0.2) is 9.97 Å². The first-order chi connectivity index (χ1) is 8.63. The molecule has 3 aromatic rings. The lowest BCUT2D eigenvalue weighted by Gasteiger charge is -1.95. The number of aromatic nitrogens is 2. The van der Waals surface area contributed by atoms with E-state index in [9.17, 15) is 0 Å². The standard InChI is InChI=1S/C12H10ClN3OS/c1-6(14)12-16-9(5-18-12)11-15-8-4-7(13)2-3-10(8)17-11/h2-6H,14H2,1H3. The number of benzene rings is 1. The van der Waals surface area contributed by atoms with Crippen LogP contribution in [0.2, 0.25) is 5.02 Å². The monoisotopic (exact) mass is 279 g/mol. The van der Waals surface area contributed by atoms with Crippen molar-refractivity contribution in [1.29, 1.82) is 0 Å². The second-order valence-corrected chi connectivity index (χ2v) is 5.32. The summed E-state index contributed by atoms with van der Waals surface area (Å²) in [6.07, 6.45) is 0. The van der Waals surface area contributed by atoms with Crippen molar-refractivity contribution in [2.75, 3.05) is 0 Å². The first kappa shape index (κ1) is 11.6. The molecule has 2 aromatic heterocycles. The zero-order valence-electron chi connectivity index (χ0n) is 9.55. The first-order valence-electron chi connectivity index (χ1n) is 5.41. The van der Waals surface area contributed by atoms with Crippen molar-refractivity contribution in [3.63, 3.8) is 0 Å². The lowest BCUT2D eigenvalue weighted by Crippen LogP contribution is -2.03. The highest BCUT2D eigenvalue weighted by Gasteiger charge is 2.13. The molecule has 0 amide bonds. The van der Waals surface area contributed by atoms with Crippen LogP contribution in [0, 0.1) is 0 Å². The van der Waals surface area contributed by atoms with Gasteiger partial charge in [-0.1, -0.05) is 11.6 Å². The van der Waals surface area contributed by atoms with Gasteiger partial charge in [-0.15, -0.1) is 11.3 Å². The number of hydrogen-bond donors (Lipinski definition) is 1. The fraction of sp³-hybridized carbons (Fsp3) is 0.167. The third-order valence-electron chi connectivity index (χ3n) is 2.48. The molecule has 4 nitrogen and oxygen atoms in total. The molecule has 0 radical (unpaired) electrons. The fourth-order valence-electron chi connectivity index (χ4n) is 1.61. The Kier molecular flexibility index (Phi) is 2.81. The van der Waals surface area contributed by atoms with Crippen LogP contribution in [0.15, 0.2) is 28.0 Å². The quantitative estimate of drug-likeness (QED) is 0.778. The molecule has 0 bridgehead atoms. The topological polar surface area (TPSA) is 64.9 Å². The Morgan fingerprint density at radius 1 is 1.39 bits per heavy atom. The zero-order chi connectivity index (χ0) is 12.7. The molecule has 1 unspecified atom stereocenters. The number of rotatable bonds is 2. The highest BCUT2D eigenvalue weighted by molar-refractivity contribution is 7.10. The van der Waals surface area contributed by atoms with Gasteiger partial charge in [0.25, 0.3) is 0 Å². The molecule has 0 saturated heterocycles. The summed E-state index contributed by atoms with van der Waals surface area (Å²) in [5, 5.41) is 3.40. The molecule has 18 heavy (non-hydrogen) atoms. The van der Waals surface area contributed by atoms with Crippen molar-refractivity contribution in [2.45, 2.75) is 13.0 Å². The Hall–Kier alpha value is -1.43. The number of nitrogens with two attached hydrogens (primary N) is 1. The van der Waals surface area contributed by atoms with Gasteiger partial charge in [-0.3, -0.25) is 0 Å². The van der Waals surface area contributed by atoms with Gasteiger partial charge in [-0.2, -0.15) is 0 Å². The Morgan fingerprint density at radius 2 is 2.22 bits per heavy atom. The van der Waals surface area contributed by atoms with Gasteiger partial charge in [0, 0.05) is 10.4 Å². The van der Waals surface area contributed by atoms with Crippen LogP contribution in [-0.4, -0.2) is 9.97 Å². The third kappa shape index (κ3) is 2.01. The maximum atomic E-state index is 5.91. The smallest absolute Gasteiger partial charge is 0.247 e. The summed E-state index contributed by atoms with van der Waals surface area (Å²) < 4.78 is 5.64. The van der Waals surface area contributed by atoms with Gasteiger partial charge in [0.2, 0.25) is 5.89 Å². The molecule has 0 fully saturated rings. The van der Waals surface area contributed by atoms with Crippen LogP contribution in [0.5, 0.6) is 0 Å². The van der Waals surface area contributed by atoms with Crippen LogP contribution < -0.4 is 5.73 Å². The Balaban J connectivity index is 2.07. The van der Waals surface area contributed by atoms with E-state index in [1.54, 1.807) is 18.2 Å². The van der Waals surface area contributed by atoms with E-state index >= 15 is 0 Å². The molecular weight excluding hydrogens is 270 g/mol. The van der Waals surface area contributed by atoms with Crippen molar-refractivity contribution in [3.8, 4) is 11.6 Å². The fourth-order valence-corrected chi connectivity index (χ4v) is 2.52. The van der Waals surface area contributed by atoms with Crippen LogP contribution >= 0.6 is 22.9 Å². The molecule has 0 spiro atoms. The number of hydrogen-bond acceptors (Lipinski definition) is 5. The maximum absolute atomic E-state index is 5.91. The predicted molar refractivity (Wildman–Crippen MR) is 72.7 cm³/mol. The largest absolute Gasteiger partial charge is 0.435 e. The number of halogens is 1. The van der Waals surface area contributed by atoms with Gasteiger partial charge < -0.3 is 10.2 Å². The van der Waals surface area contributed by atoms with E-state index < -0.39 is 0 Å². The lowest BCUT2D eigenvalue weighted by atomic mass is 10.3. The predicted octanol–water partition coefficient (Wildman–Crippen LogP) is 3.62. The molecule has 6 heteroatoms. The van der Waals surface area contributed by atoms with E-state index in [0.29, 0.717) is 22.2 Å². The van der Waals surface area contributed by atoms with E-state index in [1.165, 1.54) is 11.3 Å². The van der Waals surface area contributed by atoms with E-state index in [4.69, 9.17) is 21.8 Å². The van der Waals surface area contributed by atoms with Gasteiger partial charge in [-0.05, 0) is 25.1 Å². The number of oxazole rings is 1. The number of fused-ring (bicyclic) bond motifs is 1. The molecule has 0 aliphatic carbocycles. The summed E-state index contributed by atoms with van der Waals surface area (Å²) in [4.78, 5) is 8.77. The van der Waals surface area contributed by atoms with Crippen molar-refractivity contribution in [3.05, 3.63) is 33.6 Å². The average molecular weight is 280 g/mol. The summed E-state index contributed by atoms with van der Waals surface area (Å²) in [6.45, 7) is 1.90. The summed E-state index contributed by atoms with van der Waals surface area (Å²) >= 11 is 7.41. The first-order valence-corrected chi connectivity index (χ1v) is 6.67. The Morgan fingerprint density at radius 3 is 2.94 bits per heavy atom. The molecule has 0 aliphatic rings. The normalized spacial score (nSPS) is 13.1. The van der Waals surface area contributed by atoms with Crippen molar-refractivity contribution in [1.82, 2.24) is 9.97 Å². The van der Waals surface area contributed by atoms with Crippen molar-refractivity contribution < 1.29 is 4.42 Å². The second kappa shape index (κ2) is 4.35. The Bertz CT molecular complexity index is 704. The highest BCUT2D eigenvalue weighted by Crippen LogP contribution is 2.28. The molecule has 1 aromatic carbocycles. The van der Waals surface area contributed by atoms with E-state index in [-0.39, 0.29) is 6.04 Å². The molecule has 3 rings (SSSR count). The minimum atomic E-state index is -0.0810. The van der Waals surface area contributed by atoms with Crippen LogP contribution in [-0.2, 0) is 0 Å². The summed E-state index contributed by atoms with van der Waals surface area (Å²) in [5.74, 6) is 0.496. The molecular formula is C12H10ClN3OS. The van der Waals surface area contributed by atoms with E-state index in [2.05, 4.69) is 9.97 Å². The molecule has 0 saturated carbocycles. The average Bonchev–Trinajstić information content (AvgIpc) is 2.93. The van der Waals surface area contributed by atoms with Gasteiger partial charge in [0.15, 0.2) is 5.58 Å². The molecule has 2 heterocycles. The molecule has 92 valence electrons. The summed E-state index contributed by atoms with van der Waals surface area (Å²) in [5.41, 5.74) is 7.92. The van der Waals surface area contributed by atoms with Gasteiger partial charge >= 0.3 is 0 Å². The minimum absolute atomic E-state index is 0.0810. The summed E-state index contributed by atoms with van der Waals surface area (Å²) in [6, 6.07) is 5.26. The van der Waals surface area contributed by atoms with Crippen molar-refractivity contribution in [2.24, 2.45) is 5.73 Å². The van der Waals surface area contributed by atoms with Crippen molar-refractivity contribution >= 4 is 34.0 Å². The zero-order valence-corrected chi connectivity index (χ0v) is 11.1. The van der Waals surface area contributed by atoms with Gasteiger partial charge in [0.1, 0.15) is 16.2 Å². The SMILES string of the molecule is CC(N)c1nc(-c2nc3cc(Cl)ccc3o2)cs1. The molecule has 1 atom stereocenters. The maximum Gasteiger partial charge on any atom is 0.247 e. The summed E-state index contributed by atoms with van der Waals surface area (Å²) in [7, 11) is 0. The van der Waals surface area contributed by atoms with Crippen LogP contribution in [0.1, 0.15) is 18.0 Å². The van der Waals surface area contributed by atoms with Crippen LogP contribution in [0.4, 0.5) is 0 Å². The van der Waals surface area contributed by atoms with Crippen LogP contribution in [0.3, 0.4) is 0 Å². The molecule has 2 N–H and O–H groups in total. The highest BCUT2D eigenvalue weighted by atomic mass is 35.5. The van der Waals surface area contributed by atoms with E-state index in [0.717, 1.165) is 10.5 Å². The second-order valence-electron chi connectivity index (χ2n) is 3.99.